The number of aliphatic hydroxyl groups is 1. The van der Waals surface area contributed by atoms with Crippen LogP contribution in [0, 0.1) is 11.7 Å². The van der Waals surface area contributed by atoms with Crippen LogP contribution in [0.15, 0.2) is 42.5 Å². The van der Waals surface area contributed by atoms with Gasteiger partial charge in [-0.25, -0.2) is 4.39 Å². The van der Waals surface area contributed by atoms with Crippen LogP contribution in [0.5, 0.6) is 11.5 Å². The van der Waals surface area contributed by atoms with Crippen molar-refractivity contribution in [1.82, 2.24) is 0 Å². The molecule has 1 heterocycles. The van der Waals surface area contributed by atoms with Crippen molar-refractivity contribution in [2.45, 2.75) is 12.5 Å². The molecule has 0 bridgehead atoms. The Hall–Kier alpha value is -2.07. The van der Waals surface area contributed by atoms with Gasteiger partial charge in [-0.05, 0) is 42.3 Å². The molecular weight excluding hydrogens is 271 g/mol. The summed E-state index contributed by atoms with van der Waals surface area (Å²) in [6.07, 6.45) is 0.0202. The second kappa shape index (κ2) is 5.74. The van der Waals surface area contributed by atoms with Crippen molar-refractivity contribution >= 4 is 0 Å². The molecule has 0 saturated carbocycles. The molecule has 1 aliphatic heterocycles. The molecule has 0 radical (unpaired) electrons. The first-order valence-electron chi connectivity index (χ1n) is 6.90. The quantitative estimate of drug-likeness (QED) is 0.943. The maximum Gasteiger partial charge on any atom is 0.125 e. The highest BCUT2D eigenvalue weighted by molar-refractivity contribution is 5.43. The summed E-state index contributed by atoms with van der Waals surface area (Å²) < 4.78 is 23.8. The number of rotatable bonds is 3. The van der Waals surface area contributed by atoms with Gasteiger partial charge in [-0.15, -0.1) is 0 Å². The topological polar surface area (TPSA) is 38.7 Å². The number of halogens is 1. The molecule has 0 amide bonds. The summed E-state index contributed by atoms with van der Waals surface area (Å²) in [7, 11) is 1.59. The molecule has 0 saturated heterocycles. The molecule has 1 N–H and O–H groups in total. The average molecular weight is 288 g/mol. The van der Waals surface area contributed by atoms with Crippen molar-refractivity contribution in [2.75, 3.05) is 13.7 Å². The monoisotopic (exact) mass is 288 g/mol. The minimum atomic E-state index is -0.617. The lowest BCUT2D eigenvalue weighted by molar-refractivity contribution is 0.0505. The SMILES string of the molecule is COc1ccc2c(c1)C(O)C(Cc1ccc(F)cc1)CO2. The first-order chi connectivity index (χ1) is 10.2. The van der Waals surface area contributed by atoms with Crippen molar-refractivity contribution in [2.24, 2.45) is 5.92 Å². The molecule has 3 rings (SSSR count). The number of hydrogen-bond donors (Lipinski definition) is 1. The van der Waals surface area contributed by atoms with Gasteiger partial charge in [0.1, 0.15) is 17.3 Å². The van der Waals surface area contributed by atoms with E-state index in [0.717, 1.165) is 11.1 Å². The summed E-state index contributed by atoms with van der Waals surface area (Å²) in [5.41, 5.74) is 1.73. The predicted molar refractivity (Wildman–Crippen MR) is 77.0 cm³/mol. The first kappa shape index (κ1) is 13.9. The van der Waals surface area contributed by atoms with Gasteiger partial charge in [0.2, 0.25) is 0 Å². The molecule has 1 aliphatic rings. The zero-order valence-corrected chi connectivity index (χ0v) is 11.8. The van der Waals surface area contributed by atoms with Gasteiger partial charge in [-0.3, -0.25) is 0 Å². The summed E-state index contributed by atoms with van der Waals surface area (Å²) in [6.45, 7) is 0.442. The van der Waals surface area contributed by atoms with Gasteiger partial charge in [0, 0.05) is 11.5 Å². The summed E-state index contributed by atoms with van der Waals surface area (Å²) in [4.78, 5) is 0. The second-order valence-corrected chi connectivity index (χ2v) is 5.25. The molecule has 2 atom stereocenters. The first-order valence-corrected chi connectivity index (χ1v) is 6.90. The predicted octanol–water partition coefficient (Wildman–Crippen LogP) is 3.12. The van der Waals surface area contributed by atoms with Crippen molar-refractivity contribution in [3.05, 3.63) is 59.4 Å². The van der Waals surface area contributed by atoms with Crippen molar-refractivity contribution in [3.8, 4) is 11.5 Å². The van der Waals surface area contributed by atoms with E-state index in [0.29, 0.717) is 24.5 Å². The maximum absolute atomic E-state index is 12.9. The number of fused-ring (bicyclic) bond motifs is 1. The van der Waals surface area contributed by atoms with E-state index in [1.165, 1.54) is 12.1 Å². The lowest BCUT2D eigenvalue weighted by atomic mass is 9.88. The normalized spacial score (nSPS) is 20.5. The van der Waals surface area contributed by atoms with Crippen LogP contribution in [0.1, 0.15) is 17.2 Å². The fraction of sp³-hybridized carbons (Fsp3) is 0.294. The van der Waals surface area contributed by atoms with Crippen molar-refractivity contribution in [3.63, 3.8) is 0 Å². The van der Waals surface area contributed by atoms with E-state index in [1.54, 1.807) is 25.3 Å². The van der Waals surface area contributed by atoms with E-state index >= 15 is 0 Å². The largest absolute Gasteiger partial charge is 0.497 e. The highest BCUT2D eigenvalue weighted by Gasteiger charge is 2.29. The van der Waals surface area contributed by atoms with Gasteiger partial charge in [-0.2, -0.15) is 0 Å². The molecule has 2 aromatic rings. The Balaban J connectivity index is 1.81. The zero-order valence-electron chi connectivity index (χ0n) is 11.8. The smallest absolute Gasteiger partial charge is 0.125 e. The van der Waals surface area contributed by atoms with Crippen LogP contribution in [0.25, 0.3) is 0 Å². The van der Waals surface area contributed by atoms with Crippen LogP contribution in [0.4, 0.5) is 4.39 Å². The van der Waals surface area contributed by atoms with Crippen molar-refractivity contribution in [1.29, 1.82) is 0 Å². The summed E-state index contributed by atoms with van der Waals surface area (Å²) in [5.74, 6) is 1.07. The number of aliphatic hydroxyl groups excluding tert-OH is 1. The highest BCUT2D eigenvalue weighted by atomic mass is 19.1. The Labute approximate surface area is 122 Å². The van der Waals surface area contributed by atoms with Crippen LogP contribution >= 0.6 is 0 Å². The van der Waals surface area contributed by atoms with Crippen LogP contribution in [-0.4, -0.2) is 18.8 Å². The van der Waals surface area contributed by atoms with Crippen LogP contribution in [0.2, 0.25) is 0 Å². The minimum Gasteiger partial charge on any atom is -0.497 e. The minimum absolute atomic E-state index is 0.0601. The third kappa shape index (κ3) is 2.85. The molecule has 2 aromatic carbocycles. The number of benzene rings is 2. The Kier molecular flexibility index (Phi) is 3.80. The molecule has 0 fully saturated rings. The number of ether oxygens (including phenoxy) is 2. The van der Waals surface area contributed by atoms with Gasteiger partial charge in [-0.1, -0.05) is 12.1 Å². The van der Waals surface area contributed by atoms with E-state index in [2.05, 4.69) is 0 Å². The summed E-state index contributed by atoms with van der Waals surface area (Å²) in [5, 5.41) is 10.5. The lowest BCUT2D eigenvalue weighted by Gasteiger charge is -2.30. The fourth-order valence-electron chi connectivity index (χ4n) is 2.65. The van der Waals surface area contributed by atoms with Crippen LogP contribution < -0.4 is 9.47 Å². The Morgan fingerprint density at radius 3 is 2.71 bits per heavy atom. The maximum atomic E-state index is 12.9. The molecule has 2 unspecified atom stereocenters. The standard InChI is InChI=1S/C17H17FO3/c1-20-14-6-7-16-15(9-14)17(19)12(10-21-16)8-11-2-4-13(18)5-3-11/h2-7,9,12,17,19H,8,10H2,1H3. The molecule has 21 heavy (non-hydrogen) atoms. The van der Waals surface area contributed by atoms with Crippen LogP contribution in [0.3, 0.4) is 0 Å². The van der Waals surface area contributed by atoms with Gasteiger partial charge >= 0.3 is 0 Å². The second-order valence-electron chi connectivity index (χ2n) is 5.25. The molecule has 110 valence electrons. The third-order valence-corrected chi connectivity index (χ3v) is 3.85. The van der Waals surface area contributed by atoms with E-state index in [-0.39, 0.29) is 11.7 Å². The lowest BCUT2D eigenvalue weighted by Crippen LogP contribution is -2.27. The van der Waals surface area contributed by atoms with E-state index in [1.807, 2.05) is 12.1 Å². The molecule has 0 aliphatic carbocycles. The molecule has 4 heteroatoms. The van der Waals surface area contributed by atoms with E-state index in [9.17, 15) is 9.50 Å². The average Bonchev–Trinajstić information content (AvgIpc) is 2.52. The van der Waals surface area contributed by atoms with Gasteiger partial charge in [0.05, 0.1) is 19.8 Å². The van der Waals surface area contributed by atoms with Crippen molar-refractivity contribution < 1.29 is 19.0 Å². The Morgan fingerprint density at radius 1 is 1.24 bits per heavy atom. The Bertz CT molecular complexity index is 624. The molecule has 0 spiro atoms. The Morgan fingerprint density at radius 2 is 2.00 bits per heavy atom. The summed E-state index contributed by atoms with van der Waals surface area (Å²) in [6, 6.07) is 11.8. The number of methoxy groups -OCH3 is 1. The van der Waals surface area contributed by atoms with Crippen LogP contribution in [-0.2, 0) is 6.42 Å². The molecule has 3 nitrogen and oxygen atoms in total. The highest BCUT2D eigenvalue weighted by Crippen LogP contribution is 2.38. The van der Waals surface area contributed by atoms with Gasteiger partial charge in [0.15, 0.2) is 0 Å². The fourth-order valence-corrected chi connectivity index (χ4v) is 2.65. The third-order valence-electron chi connectivity index (χ3n) is 3.85. The molecule has 0 aromatic heterocycles. The van der Waals surface area contributed by atoms with E-state index in [4.69, 9.17) is 9.47 Å². The number of hydrogen-bond acceptors (Lipinski definition) is 3. The van der Waals surface area contributed by atoms with E-state index < -0.39 is 6.10 Å². The van der Waals surface area contributed by atoms with Gasteiger partial charge in [0.25, 0.3) is 0 Å². The van der Waals surface area contributed by atoms with Gasteiger partial charge < -0.3 is 14.6 Å². The molecular formula is C17H17FO3. The zero-order chi connectivity index (χ0) is 14.8. The summed E-state index contributed by atoms with van der Waals surface area (Å²) >= 11 is 0.